The average Bonchev–Trinajstić information content (AvgIpc) is 3.44. The number of H-pyrrole nitrogens is 1. The molecule has 1 spiro atoms. The van der Waals surface area contributed by atoms with Crippen LogP contribution < -0.4 is 9.64 Å². The molecule has 0 radical (unpaired) electrons. The first-order valence-corrected chi connectivity index (χ1v) is 11.8. The van der Waals surface area contributed by atoms with Gasteiger partial charge in [0.15, 0.2) is 11.4 Å². The molecule has 0 atom stereocenters. The van der Waals surface area contributed by atoms with Gasteiger partial charge in [0.25, 0.3) is 5.91 Å². The molecule has 0 aliphatic carbocycles. The van der Waals surface area contributed by atoms with E-state index in [4.69, 9.17) is 4.74 Å². The smallest absolute Gasteiger partial charge is 0.389 e. The fourth-order valence-electron chi connectivity index (χ4n) is 5.26. The summed E-state index contributed by atoms with van der Waals surface area (Å²) in [6.45, 7) is 0.0819. The predicted molar refractivity (Wildman–Crippen MR) is 126 cm³/mol. The molecule has 0 bridgehead atoms. The van der Waals surface area contributed by atoms with Crippen molar-refractivity contribution < 1.29 is 32.3 Å². The Morgan fingerprint density at radius 3 is 2.65 bits per heavy atom. The molecule has 12 heteroatoms. The molecule has 3 aromatic rings. The summed E-state index contributed by atoms with van der Waals surface area (Å²) < 4.78 is 43.4. The largest absolute Gasteiger partial charge is 0.496 e. The number of amides is 2. The number of carbonyl (C=O) groups is 3. The van der Waals surface area contributed by atoms with E-state index in [0.717, 1.165) is 0 Å². The van der Waals surface area contributed by atoms with E-state index in [1.807, 2.05) is 0 Å². The fourth-order valence-corrected chi connectivity index (χ4v) is 5.26. The zero-order valence-corrected chi connectivity index (χ0v) is 20.0. The van der Waals surface area contributed by atoms with Gasteiger partial charge in [0, 0.05) is 36.7 Å². The van der Waals surface area contributed by atoms with E-state index in [-0.39, 0.29) is 37.7 Å². The summed E-state index contributed by atoms with van der Waals surface area (Å²) in [5.41, 5.74) is 0.992. The Hall–Kier alpha value is -3.96. The normalized spacial score (nSPS) is 16.9. The number of anilines is 1. The molecular formula is C25H24F3N5O4. The van der Waals surface area contributed by atoms with Crippen molar-refractivity contribution in [1.82, 2.24) is 20.1 Å². The van der Waals surface area contributed by atoms with Crippen molar-refractivity contribution in [3.8, 4) is 5.75 Å². The van der Waals surface area contributed by atoms with Crippen LogP contribution in [0.5, 0.6) is 5.75 Å². The number of halogens is 3. The number of ketones is 1. The lowest BCUT2D eigenvalue weighted by atomic mass is 9.73. The average molecular weight is 515 g/mol. The van der Waals surface area contributed by atoms with E-state index in [2.05, 4.69) is 15.2 Å². The molecule has 5 rings (SSSR count). The van der Waals surface area contributed by atoms with Gasteiger partial charge in [-0.15, -0.1) is 0 Å². The molecule has 37 heavy (non-hydrogen) atoms. The maximum Gasteiger partial charge on any atom is 0.389 e. The van der Waals surface area contributed by atoms with Crippen LogP contribution in [0.1, 0.15) is 41.6 Å². The number of likely N-dealkylation sites (tertiary alicyclic amines) is 1. The molecule has 0 unspecified atom stereocenters. The van der Waals surface area contributed by atoms with Gasteiger partial charge in [0.1, 0.15) is 5.75 Å². The molecule has 194 valence electrons. The van der Waals surface area contributed by atoms with Crippen molar-refractivity contribution in [2.75, 3.05) is 31.6 Å². The summed E-state index contributed by atoms with van der Waals surface area (Å²) in [6.07, 6.45) is -2.78. The number of benzene rings is 1. The number of fused-ring (bicyclic) bond motifs is 3. The number of rotatable bonds is 6. The zero-order chi connectivity index (χ0) is 26.4. The van der Waals surface area contributed by atoms with Crippen molar-refractivity contribution in [1.29, 1.82) is 0 Å². The minimum absolute atomic E-state index is 0.227. The molecule has 2 aliphatic heterocycles. The molecule has 2 aromatic heterocycles. The van der Waals surface area contributed by atoms with Crippen LogP contribution >= 0.6 is 0 Å². The van der Waals surface area contributed by atoms with Gasteiger partial charge in [-0.2, -0.15) is 18.3 Å². The number of pyridine rings is 1. The minimum atomic E-state index is -4.45. The van der Waals surface area contributed by atoms with E-state index >= 15 is 0 Å². The third-order valence-electron chi connectivity index (χ3n) is 7.11. The number of Topliss-reactive ketones (excluding diaryl/α,β-unsaturated/α-hetero) is 1. The van der Waals surface area contributed by atoms with E-state index in [1.54, 1.807) is 35.4 Å². The highest BCUT2D eigenvalue weighted by Gasteiger charge is 2.54. The fraction of sp³-hybridized carbons (Fsp3) is 0.400. The number of nitrogens with one attached hydrogen (secondary N) is 1. The second kappa shape index (κ2) is 9.16. The van der Waals surface area contributed by atoms with Crippen LogP contribution in [0, 0.1) is 0 Å². The summed E-state index contributed by atoms with van der Waals surface area (Å²) in [5, 5.41) is 7.35. The number of piperidine rings is 1. The first kappa shape index (κ1) is 24.7. The zero-order valence-electron chi connectivity index (χ0n) is 20.0. The monoisotopic (exact) mass is 515 g/mol. The predicted octanol–water partition coefficient (Wildman–Crippen LogP) is 3.40. The van der Waals surface area contributed by atoms with Gasteiger partial charge in [-0.1, -0.05) is 6.07 Å². The Morgan fingerprint density at radius 2 is 1.95 bits per heavy atom. The number of ether oxygens (including phenoxy) is 1. The quantitative estimate of drug-likeness (QED) is 0.539. The van der Waals surface area contributed by atoms with Crippen molar-refractivity contribution >= 4 is 34.3 Å². The van der Waals surface area contributed by atoms with Crippen molar-refractivity contribution in [2.45, 2.75) is 37.3 Å². The lowest BCUT2D eigenvalue weighted by molar-refractivity contribution is -0.142. The Labute approximate surface area is 209 Å². The maximum absolute atomic E-state index is 13.8. The van der Waals surface area contributed by atoms with Crippen LogP contribution in [0.4, 0.5) is 18.9 Å². The topological polar surface area (TPSA) is 108 Å². The van der Waals surface area contributed by atoms with Gasteiger partial charge < -0.3 is 14.5 Å². The van der Waals surface area contributed by atoms with Crippen LogP contribution in [-0.4, -0.2) is 70.6 Å². The highest BCUT2D eigenvalue weighted by molar-refractivity contribution is 6.12. The molecule has 1 fully saturated rings. The molecular weight excluding hydrogens is 491 g/mol. The minimum Gasteiger partial charge on any atom is -0.496 e. The van der Waals surface area contributed by atoms with Crippen LogP contribution in [0.3, 0.4) is 0 Å². The van der Waals surface area contributed by atoms with E-state index in [1.165, 1.54) is 18.2 Å². The van der Waals surface area contributed by atoms with Gasteiger partial charge in [0.2, 0.25) is 5.91 Å². The first-order valence-electron chi connectivity index (χ1n) is 11.8. The molecule has 2 aliphatic rings. The van der Waals surface area contributed by atoms with Crippen molar-refractivity contribution in [2.24, 2.45) is 0 Å². The lowest BCUT2D eigenvalue weighted by Crippen LogP contribution is -2.50. The summed E-state index contributed by atoms with van der Waals surface area (Å²) >= 11 is 0. The Bertz CT molecular complexity index is 1380. The second-order valence-corrected chi connectivity index (χ2v) is 9.31. The molecule has 1 aromatic carbocycles. The Morgan fingerprint density at radius 1 is 1.19 bits per heavy atom. The van der Waals surface area contributed by atoms with Crippen LogP contribution in [0.2, 0.25) is 0 Å². The van der Waals surface area contributed by atoms with Crippen molar-refractivity contribution in [3.63, 3.8) is 0 Å². The molecule has 0 saturated carbocycles. The van der Waals surface area contributed by atoms with Crippen molar-refractivity contribution in [3.05, 3.63) is 47.8 Å². The number of nitrogens with zero attached hydrogens (tertiary/aromatic N) is 4. The number of methoxy groups -OCH3 is 1. The van der Waals surface area contributed by atoms with E-state index in [9.17, 15) is 27.6 Å². The highest BCUT2D eigenvalue weighted by atomic mass is 19.4. The highest BCUT2D eigenvalue weighted by Crippen LogP contribution is 2.52. The van der Waals surface area contributed by atoms with Gasteiger partial charge in [-0.3, -0.25) is 19.5 Å². The summed E-state index contributed by atoms with van der Waals surface area (Å²) in [6, 6.07) is 6.76. The number of aromatic nitrogens is 3. The third kappa shape index (κ3) is 4.40. The SMILES string of the molecule is COc1cccc2c1C1(CCN(C(=O)c3cnc4[nH]ncc4c3)CC1)C(=O)N2CC(=O)CCC(F)(F)F. The number of carbonyl (C=O) groups excluding carboxylic acids is 3. The molecule has 2 amide bonds. The van der Waals surface area contributed by atoms with Crippen LogP contribution in [-0.2, 0) is 15.0 Å². The van der Waals surface area contributed by atoms with Gasteiger partial charge in [-0.25, -0.2) is 4.98 Å². The number of aromatic amines is 1. The Balaban J connectivity index is 1.38. The number of hydrogen-bond acceptors (Lipinski definition) is 6. The first-order chi connectivity index (χ1) is 17.6. The molecule has 1 saturated heterocycles. The van der Waals surface area contributed by atoms with Gasteiger partial charge in [-0.05, 0) is 31.0 Å². The summed E-state index contributed by atoms with van der Waals surface area (Å²) in [4.78, 5) is 46.5. The molecule has 4 heterocycles. The molecule has 1 N–H and O–H groups in total. The standard InChI is InChI=1S/C25H24F3N5O4/c1-37-19-4-2-3-18-20(19)24(23(36)33(18)14-17(34)5-6-25(26,27)28)7-9-32(10-8-24)22(35)16-11-15-13-30-31-21(15)29-12-16/h2-4,11-13H,5-10,14H2,1H3,(H,29,30,31). The van der Waals surface area contributed by atoms with Crippen LogP contribution in [0.25, 0.3) is 11.0 Å². The van der Waals surface area contributed by atoms with Gasteiger partial charge >= 0.3 is 6.18 Å². The third-order valence-corrected chi connectivity index (χ3v) is 7.11. The summed E-state index contributed by atoms with van der Waals surface area (Å²) in [7, 11) is 1.47. The summed E-state index contributed by atoms with van der Waals surface area (Å²) in [5.74, 6) is -0.798. The van der Waals surface area contributed by atoms with Crippen LogP contribution in [0.15, 0.2) is 36.7 Å². The lowest BCUT2D eigenvalue weighted by Gasteiger charge is -2.38. The second-order valence-electron chi connectivity index (χ2n) is 9.31. The number of hydrogen-bond donors (Lipinski definition) is 1. The number of alkyl halides is 3. The van der Waals surface area contributed by atoms with E-state index < -0.39 is 36.8 Å². The Kier molecular flexibility index (Phi) is 6.12. The maximum atomic E-state index is 13.8. The molecule has 9 nitrogen and oxygen atoms in total. The van der Waals surface area contributed by atoms with Gasteiger partial charge in [0.05, 0.1) is 42.9 Å². The van der Waals surface area contributed by atoms with E-state index in [0.29, 0.717) is 33.6 Å².